The molecule has 0 aromatic rings. The minimum absolute atomic E-state index is 0.513. The number of hydrogen-bond acceptors (Lipinski definition) is 1. The van der Waals surface area contributed by atoms with Gasteiger partial charge in [-0.15, -0.1) is 18.8 Å². The summed E-state index contributed by atoms with van der Waals surface area (Å²) in [6.07, 6.45) is 12.6. The number of aliphatic hydroxyl groups excluding tert-OH is 1. The second-order valence-electron chi connectivity index (χ2n) is 1.45. The van der Waals surface area contributed by atoms with Gasteiger partial charge in [0.15, 0.2) is 0 Å². The van der Waals surface area contributed by atoms with Crippen LogP contribution in [0.25, 0.3) is 0 Å². The molecule has 0 aliphatic heterocycles. The van der Waals surface area contributed by atoms with Crippen LogP contribution in [0, 0.1) is 24.7 Å². The van der Waals surface area contributed by atoms with Gasteiger partial charge in [-0.3, -0.25) is 0 Å². The Morgan fingerprint density at radius 3 is 2.67 bits per heavy atom. The quantitative estimate of drug-likeness (QED) is 0.417. The van der Waals surface area contributed by atoms with Gasteiger partial charge in [0.25, 0.3) is 0 Å². The average molecular weight is 120 g/mol. The van der Waals surface area contributed by atoms with Gasteiger partial charge in [-0.1, -0.05) is 12.0 Å². The summed E-state index contributed by atoms with van der Waals surface area (Å²) in [5.41, 5.74) is 0. The van der Waals surface area contributed by atoms with Gasteiger partial charge in [0, 0.05) is 6.42 Å². The highest BCUT2D eigenvalue weighted by Crippen LogP contribution is 1.84. The van der Waals surface area contributed by atoms with E-state index in [1.165, 1.54) is 6.08 Å². The van der Waals surface area contributed by atoms with Crippen LogP contribution in [0.3, 0.4) is 0 Å². The first kappa shape index (κ1) is 7.82. The number of terminal acetylenes is 2. The molecule has 0 aliphatic carbocycles. The monoisotopic (exact) mass is 120 g/mol. The van der Waals surface area contributed by atoms with Crippen molar-refractivity contribution in [3.8, 4) is 24.7 Å². The summed E-state index contributed by atoms with van der Waals surface area (Å²) in [5.74, 6) is 4.50. The maximum absolute atomic E-state index is 8.69. The van der Waals surface area contributed by atoms with Crippen LogP contribution in [0.4, 0.5) is 0 Å². The van der Waals surface area contributed by atoms with Gasteiger partial charge in [-0.05, 0) is 6.08 Å². The van der Waals surface area contributed by atoms with Gasteiger partial charge in [-0.2, -0.15) is 0 Å². The molecular weight excluding hydrogens is 112 g/mol. The Labute approximate surface area is 55.4 Å². The zero-order valence-corrected chi connectivity index (χ0v) is 5.04. The van der Waals surface area contributed by atoms with E-state index in [1.807, 2.05) is 0 Å². The first-order valence-electron chi connectivity index (χ1n) is 2.55. The molecule has 9 heavy (non-hydrogen) atoms. The lowest BCUT2D eigenvalue weighted by atomic mass is 10.3. The van der Waals surface area contributed by atoms with E-state index in [0.717, 1.165) is 0 Å². The van der Waals surface area contributed by atoms with Gasteiger partial charge in [0.2, 0.25) is 0 Å². The Bertz CT molecular complexity index is 166. The number of allylic oxidation sites excluding steroid dienone is 1. The van der Waals surface area contributed by atoms with Crippen molar-refractivity contribution < 1.29 is 5.11 Å². The van der Waals surface area contributed by atoms with E-state index in [2.05, 4.69) is 11.8 Å². The van der Waals surface area contributed by atoms with E-state index in [-0.39, 0.29) is 0 Å². The highest BCUT2D eigenvalue weighted by molar-refractivity contribution is 5.08. The Morgan fingerprint density at radius 2 is 2.22 bits per heavy atom. The average Bonchev–Trinajstić information content (AvgIpc) is 1.89. The van der Waals surface area contributed by atoms with E-state index in [0.29, 0.717) is 6.42 Å². The maximum Gasteiger partial charge on any atom is 0.133 e. The van der Waals surface area contributed by atoms with Gasteiger partial charge >= 0.3 is 0 Å². The van der Waals surface area contributed by atoms with Crippen molar-refractivity contribution in [3.63, 3.8) is 0 Å². The van der Waals surface area contributed by atoms with Crippen LogP contribution in [0.15, 0.2) is 12.2 Å². The Kier molecular flexibility index (Phi) is 4.32. The summed E-state index contributed by atoms with van der Waals surface area (Å²) in [6.45, 7) is 0. The molecular formula is C8H8O. The fourth-order valence-corrected chi connectivity index (χ4v) is 0.321. The molecule has 1 unspecified atom stereocenters. The minimum atomic E-state index is -0.793. The smallest absolute Gasteiger partial charge is 0.133 e. The molecule has 0 fully saturated rings. The molecule has 0 spiro atoms. The second-order valence-corrected chi connectivity index (χ2v) is 1.45. The van der Waals surface area contributed by atoms with Crippen LogP contribution in [0.1, 0.15) is 6.42 Å². The van der Waals surface area contributed by atoms with Crippen molar-refractivity contribution in [2.45, 2.75) is 12.5 Å². The highest BCUT2D eigenvalue weighted by Gasteiger charge is 1.85. The predicted molar refractivity (Wildman–Crippen MR) is 37.4 cm³/mol. The van der Waals surface area contributed by atoms with Crippen molar-refractivity contribution in [2.24, 2.45) is 0 Å². The third-order valence-electron chi connectivity index (χ3n) is 0.725. The van der Waals surface area contributed by atoms with Crippen molar-refractivity contribution in [3.05, 3.63) is 12.2 Å². The third kappa shape index (κ3) is 4.68. The molecule has 0 saturated carbocycles. The lowest BCUT2D eigenvalue weighted by Crippen LogP contribution is -1.94. The SMILES string of the molecule is C#CC/C=C/C(O)C#C. The van der Waals surface area contributed by atoms with Crippen LogP contribution in [-0.4, -0.2) is 11.2 Å². The molecule has 1 nitrogen and oxygen atoms in total. The zero-order valence-electron chi connectivity index (χ0n) is 5.04. The first-order chi connectivity index (χ1) is 4.31. The molecule has 0 radical (unpaired) electrons. The maximum atomic E-state index is 8.69. The number of aliphatic hydroxyl groups is 1. The van der Waals surface area contributed by atoms with E-state index < -0.39 is 6.10 Å². The normalized spacial score (nSPS) is 12.3. The fourth-order valence-electron chi connectivity index (χ4n) is 0.321. The molecule has 1 atom stereocenters. The van der Waals surface area contributed by atoms with E-state index in [9.17, 15) is 0 Å². The molecule has 0 aromatic carbocycles. The summed E-state index contributed by atoms with van der Waals surface area (Å²) in [6, 6.07) is 0. The van der Waals surface area contributed by atoms with Crippen LogP contribution < -0.4 is 0 Å². The molecule has 0 rings (SSSR count). The van der Waals surface area contributed by atoms with Crippen molar-refractivity contribution in [1.82, 2.24) is 0 Å². The van der Waals surface area contributed by atoms with E-state index in [4.69, 9.17) is 18.0 Å². The topological polar surface area (TPSA) is 20.2 Å². The standard InChI is InChI=1S/C8H8O/c1-3-5-6-7-8(9)4-2/h1-2,6-9H,5H2/b7-6+. The lowest BCUT2D eigenvalue weighted by molar-refractivity contribution is 0.280. The summed E-state index contributed by atoms with van der Waals surface area (Å²) < 4.78 is 0. The number of rotatable bonds is 2. The minimum Gasteiger partial charge on any atom is -0.377 e. The molecule has 0 aliphatic rings. The largest absolute Gasteiger partial charge is 0.377 e. The highest BCUT2D eigenvalue weighted by atomic mass is 16.3. The van der Waals surface area contributed by atoms with Gasteiger partial charge in [-0.25, -0.2) is 0 Å². The van der Waals surface area contributed by atoms with Crippen LogP contribution >= 0.6 is 0 Å². The molecule has 1 N–H and O–H groups in total. The molecule has 46 valence electrons. The van der Waals surface area contributed by atoms with Crippen LogP contribution in [-0.2, 0) is 0 Å². The molecule has 0 bridgehead atoms. The predicted octanol–water partition coefficient (Wildman–Crippen LogP) is 0.560. The van der Waals surface area contributed by atoms with Crippen molar-refractivity contribution in [2.75, 3.05) is 0 Å². The summed E-state index contributed by atoms with van der Waals surface area (Å²) in [4.78, 5) is 0. The molecule has 1 heteroatoms. The molecule has 0 heterocycles. The summed E-state index contributed by atoms with van der Waals surface area (Å²) >= 11 is 0. The van der Waals surface area contributed by atoms with E-state index >= 15 is 0 Å². The zero-order chi connectivity index (χ0) is 7.11. The summed E-state index contributed by atoms with van der Waals surface area (Å²) in [7, 11) is 0. The first-order valence-corrected chi connectivity index (χ1v) is 2.55. The fraction of sp³-hybridized carbons (Fsp3) is 0.250. The Balaban J connectivity index is 3.50. The van der Waals surface area contributed by atoms with Crippen molar-refractivity contribution >= 4 is 0 Å². The summed E-state index contributed by atoms with van der Waals surface area (Å²) in [5, 5.41) is 8.69. The third-order valence-corrected chi connectivity index (χ3v) is 0.725. The van der Waals surface area contributed by atoms with Crippen LogP contribution in [0.2, 0.25) is 0 Å². The molecule has 0 amide bonds. The molecule has 0 saturated heterocycles. The Morgan fingerprint density at radius 1 is 1.56 bits per heavy atom. The van der Waals surface area contributed by atoms with Crippen LogP contribution in [0.5, 0.6) is 0 Å². The number of hydrogen-bond donors (Lipinski definition) is 1. The van der Waals surface area contributed by atoms with Gasteiger partial charge < -0.3 is 5.11 Å². The van der Waals surface area contributed by atoms with Gasteiger partial charge in [0.05, 0.1) is 0 Å². The lowest BCUT2D eigenvalue weighted by Gasteiger charge is -1.88. The van der Waals surface area contributed by atoms with Gasteiger partial charge in [0.1, 0.15) is 6.10 Å². The Hall–Kier alpha value is -1.18. The van der Waals surface area contributed by atoms with Crippen molar-refractivity contribution in [1.29, 1.82) is 0 Å². The van der Waals surface area contributed by atoms with E-state index in [1.54, 1.807) is 6.08 Å². The second kappa shape index (κ2) is 4.97. The molecule has 0 aromatic heterocycles.